The molecule has 434 valence electrons. The van der Waals surface area contributed by atoms with Gasteiger partial charge >= 0.3 is 6.97 Å². The number of nitro benzene ring substituents is 1. The van der Waals surface area contributed by atoms with Crippen molar-refractivity contribution in [3.63, 3.8) is 0 Å². The Hall–Kier alpha value is -7.33. The normalized spacial score (nSPS) is 15.4. The molecule has 80 heavy (non-hydrogen) atoms. The highest BCUT2D eigenvalue weighted by Crippen LogP contribution is 2.40. The number of carbonyl (C=O) groups is 5. The number of imide groups is 1. The van der Waals surface area contributed by atoms with Crippen LogP contribution in [0.4, 0.5) is 14.3 Å². The zero-order valence-corrected chi connectivity index (χ0v) is 46.9. The number of amides is 5. The number of hydrogen-bond acceptors (Lipinski definition) is 14. The molecule has 3 aliphatic rings. The van der Waals surface area contributed by atoms with Crippen LogP contribution >= 0.6 is 0 Å². The third kappa shape index (κ3) is 16.4. The molecule has 3 aromatic rings. The Kier molecular flexibility index (Phi) is 21.1. The number of aryl methyl sites for hydroxylation is 2. The van der Waals surface area contributed by atoms with Gasteiger partial charge in [-0.2, -0.15) is 8.42 Å². The highest BCUT2D eigenvalue weighted by Gasteiger charge is 2.54. The van der Waals surface area contributed by atoms with Gasteiger partial charge in [0, 0.05) is 79.5 Å². The fourth-order valence-corrected chi connectivity index (χ4v) is 10.2. The van der Waals surface area contributed by atoms with Gasteiger partial charge in [0.2, 0.25) is 17.7 Å². The van der Waals surface area contributed by atoms with Gasteiger partial charge in [0.15, 0.2) is 22.9 Å². The first-order valence-corrected chi connectivity index (χ1v) is 27.8. The molecule has 4 heterocycles. The first-order chi connectivity index (χ1) is 37.8. The number of fused-ring (bicyclic) bond motifs is 2. The fourth-order valence-electron chi connectivity index (χ4n) is 9.54. The summed E-state index contributed by atoms with van der Waals surface area (Å²) in [5.74, 6) is -3.25. The molecule has 2 aromatic carbocycles. The van der Waals surface area contributed by atoms with Crippen molar-refractivity contribution in [2.75, 3.05) is 93.7 Å². The van der Waals surface area contributed by atoms with Crippen LogP contribution in [0.2, 0.25) is 0 Å². The number of aromatic nitrogens is 1. The van der Waals surface area contributed by atoms with Crippen molar-refractivity contribution in [1.29, 1.82) is 0 Å². The van der Waals surface area contributed by atoms with Crippen LogP contribution in [0.1, 0.15) is 79.6 Å². The van der Waals surface area contributed by atoms with E-state index in [1.54, 1.807) is 50.3 Å². The van der Waals surface area contributed by atoms with Crippen molar-refractivity contribution in [3.8, 4) is 17.2 Å². The number of nitrogens with zero attached hydrogens (tertiary/aromatic N) is 5. The van der Waals surface area contributed by atoms with E-state index in [9.17, 15) is 47.1 Å². The number of unbranched alkanes of at least 4 members (excludes halogenated alkanes) is 1. The number of rotatable bonds is 32. The summed E-state index contributed by atoms with van der Waals surface area (Å²) in [5.41, 5.74) is 3.12. The van der Waals surface area contributed by atoms with E-state index in [1.165, 1.54) is 38.5 Å². The van der Waals surface area contributed by atoms with Crippen LogP contribution in [0.5, 0.6) is 17.2 Å². The van der Waals surface area contributed by atoms with Crippen molar-refractivity contribution in [1.82, 2.24) is 30.6 Å². The van der Waals surface area contributed by atoms with E-state index >= 15 is 8.63 Å². The molecule has 0 saturated carbocycles. The maximum absolute atomic E-state index is 17.2. The molecule has 0 aliphatic carbocycles. The lowest BCUT2D eigenvalue weighted by Crippen LogP contribution is -2.51. The first kappa shape index (κ1) is 61.9. The van der Waals surface area contributed by atoms with Gasteiger partial charge in [-0.15, -0.1) is 0 Å². The van der Waals surface area contributed by atoms with Crippen LogP contribution in [0.3, 0.4) is 0 Å². The van der Waals surface area contributed by atoms with Crippen molar-refractivity contribution in [2.24, 2.45) is 0 Å². The number of nitrogens with one attached hydrogen (secondary N) is 4. The van der Waals surface area contributed by atoms with E-state index < -0.39 is 69.9 Å². The number of quaternary nitrogens is 1. The Morgan fingerprint density at radius 1 is 0.875 bits per heavy atom. The molecule has 0 spiro atoms. The van der Waals surface area contributed by atoms with Crippen molar-refractivity contribution >= 4 is 64.1 Å². The third-order valence-corrected chi connectivity index (χ3v) is 14.3. The number of nitro groups is 1. The van der Waals surface area contributed by atoms with Crippen LogP contribution in [-0.4, -0.2) is 178 Å². The van der Waals surface area contributed by atoms with Crippen molar-refractivity contribution in [2.45, 2.75) is 70.9 Å². The predicted octanol–water partition coefficient (Wildman–Crippen LogP) is 3.61. The Labute approximate surface area is 463 Å². The molecule has 27 heteroatoms. The summed E-state index contributed by atoms with van der Waals surface area (Å²) in [6.45, 7) is 0.351. The highest BCUT2D eigenvalue weighted by molar-refractivity contribution is 7.85. The van der Waals surface area contributed by atoms with Gasteiger partial charge in [-0.05, 0) is 87.2 Å². The number of carbonyl (C=O) groups excluding carboxylic acids is 5. The summed E-state index contributed by atoms with van der Waals surface area (Å²) >= 11 is 0. The fraction of sp³-hybridized carbons (Fsp3) is 0.472. The zero-order valence-electron chi connectivity index (χ0n) is 46.1. The van der Waals surface area contributed by atoms with E-state index in [0.29, 0.717) is 57.0 Å². The molecule has 23 nitrogen and oxygen atoms in total. The van der Waals surface area contributed by atoms with Crippen molar-refractivity contribution < 1.29 is 78.4 Å². The lowest BCUT2D eigenvalue weighted by atomic mass is 9.88. The molecule has 5 N–H and O–H groups in total. The SMILES string of the molecule is COc1ccc(C2=[N+]3C(=Cc4c(C)cc(CCC(=O)NC(CS(=O)(=O)O)C(=O)NCCCCC(=O)NCCOc5cc([N+](=O)[O-])c(C(C)NCCOCCN6C(=O)C=CC6=O)cc5OC)n4[B-]3(F)F)C(CCC[N+](C)(C)C)=C2)cc1. The molecule has 3 aliphatic heterocycles. The highest BCUT2D eigenvalue weighted by atomic mass is 32.2. The lowest BCUT2D eigenvalue weighted by molar-refractivity contribution is -0.870. The number of allylic oxidation sites excluding steroid dienone is 2. The first-order valence-electron chi connectivity index (χ1n) is 26.2. The summed E-state index contributed by atoms with van der Waals surface area (Å²) < 4.78 is 92.9. The second-order valence-corrected chi connectivity index (χ2v) is 22.0. The average Bonchev–Trinajstić information content (AvgIpc) is 4.16. The molecule has 5 amide bonds. The third-order valence-electron chi connectivity index (χ3n) is 13.6. The number of ether oxygens (including phenoxy) is 4. The summed E-state index contributed by atoms with van der Waals surface area (Å²) in [7, 11) is 4.31. The molecule has 0 bridgehead atoms. The van der Waals surface area contributed by atoms with Gasteiger partial charge in [-0.1, -0.05) is 0 Å². The second kappa shape index (κ2) is 27.2. The number of methoxy groups -OCH3 is 2. The van der Waals surface area contributed by atoms with Crippen LogP contribution in [0.25, 0.3) is 6.08 Å². The van der Waals surface area contributed by atoms with Gasteiger partial charge in [0.25, 0.3) is 27.6 Å². The van der Waals surface area contributed by atoms with Crippen LogP contribution < -0.4 is 35.5 Å². The molecular formula is C53H71BF2N9O14S+. The van der Waals surface area contributed by atoms with Gasteiger partial charge in [0.1, 0.15) is 24.2 Å². The van der Waals surface area contributed by atoms with Gasteiger partial charge in [-0.25, -0.2) is 0 Å². The molecule has 0 fully saturated rings. The Balaban J connectivity index is 0.962. The average molecular weight is 1140 g/mol. The van der Waals surface area contributed by atoms with E-state index in [-0.39, 0.29) is 93.9 Å². The molecule has 0 saturated heterocycles. The van der Waals surface area contributed by atoms with E-state index in [2.05, 4.69) is 42.4 Å². The minimum absolute atomic E-state index is 0.0171. The van der Waals surface area contributed by atoms with Crippen LogP contribution in [0, 0.1) is 17.0 Å². The Bertz CT molecular complexity index is 3050. The van der Waals surface area contributed by atoms with Crippen molar-refractivity contribution in [3.05, 3.63) is 110 Å². The second-order valence-electron chi connectivity index (χ2n) is 20.5. The number of hydrogen-bond donors (Lipinski definition) is 5. The minimum Gasteiger partial charge on any atom is -0.497 e. The maximum Gasteiger partial charge on any atom is 0.737 e. The Morgan fingerprint density at radius 2 is 1.59 bits per heavy atom. The quantitative estimate of drug-likeness (QED) is 0.0114. The number of benzene rings is 2. The smallest absolute Gasteiger partial charge is 0.497 e. The molecule has 6 rings (SSSR count). The van der Waals surface area contributed by atoms with Gasteiger partial charge in [-0.3, -0.25) is 43.5 Å². The summed E-state index contributed by atoms with van der Waals surface area (Å²) in [4.78, 5) is 75.2. The number of halogens is 2. The van der Waals surface area contributed by atoms with Gasteiger partial charge in [0.05, 0.1) is 84.8 Å². The largest absolute Gasteiger partial charge is 0.737 e. The molecular weight excluding hydrogens is 1070 g/mol. The van der Waals surface area contributed by atoms with E-state index in [0.717, 1.165) is 32.4 Å². The predicted molar refractivity (Wildman–Crippen MR) is 293 cm³/mol. The van der Waals surface area contributed by atoms with Crippen LogP contribution in [-0.2, 0) is 45.2 Å². The summed E-state index contributed by atoms with van der Waals surface area (Å²) in [6, 6.07) is 8.90. The minimum atomic E-state index is -4.79. The van der Waals surface area contributed by atoms with Crippen LogP contribution in [0.15, 0.2) is 72.0 Å². The molecule has 0 radical (unpaired) electrons. The summed E-state index contributed by atoms with van der Waals surface area (Å²) in [6.07, 6.45) is 7.19. The molecule has 2 unspecified atom stereocenters. The standard InChI is InChI=1S/C53H70BF2N9O14S/c1-35-29-39(62-43(35)32-45-38(11-10-25-65(3,4)5)30-44(63(45)54(62,55)56)37-13-16-40(76-6)17-14-37)15-18-50(67)60-42(34-80(73,74)75)53(70)59-21-9-8-12-49(66)58-23-27-79-48-33-46(64(71)72)41(31-47(48)77-7)36(2)57-22-26-78-28-24-61-51(68)19-20-52(61)69/h13-14,16-17,19-20,29-33,36,42,57H,8-12,15,18,21-28,34H2,1-7H3,(H3-,58,59,60,66,67,70,73,74,75)/p+1. The lowest BCUT2D eigenvalue weighted by Gasteiger charge is -2.32. The topological polar surface area (TPSA) is 279 Å². The monoisotopic (exact) mass is 1140 g/mol. The Morgan fingerprint density at radius 3 is 2.24 bits per heavy atom. The zero-order chi connectivity index (χ0) is 58.5. The summed E-state index contributed by atoms with van der Waals surface area (Å²) in [5, 5.41) is 22.7. The maximum atomic E-state index is 17.2. The van der Waals surface area contributed by atoms with E-state index in [1.807, 2.05) is 6.08 Å². The molecule has 1 aromatic heterocycles. The molecule has 2 atom stereocenters. The van der Waals surface area contributed by atoms with Gasteiger partial charge < -0.3 is 62.3 Å². The van der Waals surface area contributed by atoms with E-state index in [4.69, 9.17) is 18.9 Å².